The summed E-state index contributed by atoms with van der Waals surface area (Å²) in [6, 6.07) is 12.2. The SMILES string of the molecule is CNC(=O)c1cccc(NC(=O)C2CCN(C(=O)c3ccc(F)cc3)CC2)c1. The molecule has 2 N–H and O–H groups in total. The van der Waals surface area contributed by atoms with Crippen LogP contribution in [0.5, 0.6) is 0 Å². The van der Waals surface area contributed by atoms with E-state index in [4.69, 9.17) is 0 Å². The van der Waals surface area contributed by atoms with E-state index in [2.05, 4.69) is 10.6 Å². The normalized spacial score (nSPS) is 14.4. The summed E-state index contributed by atoms with van der Waals surface area (Å²) < 4.78 is 13.0. The van der Waals surface area contributed by atoms with E-state index in [1.807, 2.05) is 0 Å². The lowest BCUT2D eigenvalue weighted by molar-refractivity contribution is -0.121. The van der Waals surface area contributed by atoms with Crippen molar-refractivity contribution in [1.82, 2.24) is 10.2 Å². The maximum Gasteiger partial charge on any atom is 0.253 e. The van der Waals surface area contributed by atoms with Gasteiger partial charge < -0.3 is 15.5 Å². The summed E-state index contributed by atoms with van der Waals surface area (Å²) in [5, 5.41) is 5.40. The number of likely N-dealkylation sites (tertiary alicyclic amines) is 1. The molecule has 7 heteroatoms. The fourth-order valence-corrected chi connectivity index (χ4v) is 3.25. The molecule has 0 aromatic heterocycles. The van der Waals surface area contributed by atoms with Crippen LogP contribution in [-0.4, -0.2) is 42.8 Å². The number of anilines is 1. The van der Waals surface area contributed by atoms with Crippen LogP contribution in [0.15, 0.2) is 48.5 Å². The zero-order chi connectivity index (χ0) is 20.1. The average Bonchev–Trinajstić information content (AvgIpc) is 2.73. The van der Waals surface area contributed by atoms with Crippen LogP contribution in [0.3, 0.4) is 0 Å². The summed E-state index contributed by atoms with van der Waals surface area (Å²) in [6.45, 7) is 0.930. The topological polar surface area (TPSA) is 78.5 Å². The zero-order valence-electron chi connectivity index (χ0n) is 15.6. The van der Waals surface area contributed by atoms with Gasteiger partial charge in [0.05, 0.1) is 0 Å². The Labute approximate surface area is 162 Å². The van der Waals surface area contributed by atoms with Crippen LogP contribution in [0.1, 0.15) is 33.6 Å². The van der Waals surface area contributed by atoms with E-state index in [1.165, 1.54) is 24.3 Å². The molecule has 1 aliphatic heterocycles. The Bertz CT molecular complexity index is 875. The minimum Gasteiger partial charge on any atom is -0.355 e. The van der Waals surface area contributed by atoms with Crippen molar-refractivity contribution in [3.8, 4) is 0 Å². The molecule has 1 fully saturated rings. The predicted molar refractivity (Wildman–Crippen MR) is 103 cm³/mol. The van der Waals surface area contributed by atoms with Crippen LogP contribution in [0.25, 0.3) is 0 Å². The smallest absolute Gasteiger partial charge is 0.253 e. The third-order valence-electron chi connectivity index (χ3n) is 4.86. The Kier molecular flexibility index (Phi) is 6.03. The summed E-state index contributed by atoms with van der Waals surface area (Å²) in [6.07, 6.45) is 1.10. The van der Waals surface area contributed by atoms with Gasteiger partial charge in [0.25, 0.3) is 11.8 Å². The number of rotatable bonds is 4. The largest absolute Gasteiger partial charge is 0.355 e. The van der Waals surface area contributed by atoms with E-state index in [0.29, 0.717) is 42.7 Å². The highest BCUT2D eigenvalue weighted by Gasteiger charge is 2.28. The van der Waals surface area contributed by atoms with E-state index in [9.17, 15) is 18.8 Å². The fraction of sp³-hybridized carbons (Fsp3) is 0.286. The van der Waals surface area contributed by atoms with Gasteiger partial charge in [0, 0.05) is 42.9 Å². The molecule has 2 aromatic rings. The molecule has 1 saturated heterocycles. The number of carbonyl (C=O) groups is 3. The molecule has 28 heavy (non-hydrogen) atoms. The minimum atomic E-state index is -0.382. The van der Waals surface area contributed by atoms with Gasteiger partial charge in [0.1, 0.15) is 5.82 Å². The molecule has 3 rings (SSSR count). The number of hydrogen-bond donors (Lipinski definition) is 2. The van der Waals surface area contributed by atoms with Crippen LogP contribution < -0.4 is 10.6 Å². The Morgan fingerprint density at radius 1 is 1.00 bits per heavy atom. The lowest BCUT2D eigenvalue weighted by atomic mass is 9.95. The Balaban J connectivity index is 1.56. The van der Waals surface area contributed by atoms with Crippen LogP contribution in [0, 0.1) is 11.7 Å². The number of halogens is 1. The van der Waals surface area contributed by atoms with Gasteiger partial charge in [0.2, 0.25) is 5.91 Å². The van der Waals surface area contributed by atoms with Crippen LogP contribution >= 0.6 is 0 Å². The van der Waals surface area contributed by atoms with Crippen molar-refractivity contribution in [3.05, 3.63) is 65.5 Å². The second kappa shape index (κ2) is 8.65. The van der Waals surface area contributed by atoms with E-state index >= 15 is 0 Å². The first-order valence-electron chi connectivity index (χ1n) is 9.16. The van der Waals surface area contributed by atoms with Gasteiger partial charge >= 0.3 is 0 Å². The molecule has 1 aliphatic rings. The Hall–Kier alpha value is -3.22. The van der Waals surface area contributed by atoms with Gasteiger partial charge in [-0.1, -0.05) is 6.07 Å². The highest BCUT2D eigenvalue weighted by molar-refractivity contribution is 5.98. The first-order valence-corrected chi connectivity index (χ1v) is 9.16. The lowest BCUT2D eigenvalue weighted by Gasteiger charge is -2.31. The molecule has 0 aliphatic carbocycles. The zero-order valence-corrected chi connectivity index (χ0v) is 15.6. The maximum atomic E-state index is 13.0. The van der Waals surface area contributed by atoms with Crippen molar-refractivity contribution >= 4 is 23.4 Å². The monoisotopic (exact) mass is 383 g/mol. The third kappa shape index (κ3) is 4.54. The number of carbonyl (C=O) groups excluding carboxylic acids is 3. The first-order chi connectivity index (χ1) is 13.5. The second-order valence-corrected chi connectivity index (χ2v) is 6.72. The lowest BCUT2D eigenvalue weighted by Crippen LogP contribution is -2.41. The molecule has 1 heterocycles. The number of hydrogen-bond acceptors (Lipinski definition) is 3. The quantitative estimate of drug-likeness (QED) is 0.852. The highest BCUT2D eigenvalue weighted by atomic mass is 19.1. The molecule has 0 bridgehead atoms. The van der Waals surface area contributed by atoms with Gasteiger partial charge in [0.15, 0.2) is 0 Å². The van der Waals surface area contributed by atoms with E-state index < -0.39 is 0 Å². The summed E-state index contributed by atoms with van der Waals surface area (Å²) in [4.78, 5) is 38.4. The van der Waals surface area contributed by atoms with Gasteiger partial charge in [-0.25, -0.2) is 4.39 Å². The van der Waals surface area contributed by atoms with Crippen molar-refractivity contribution in [3.63, 3.8) is 0 Å². The molecule has 2 aromatic carbocycles. The summed E-state index contributed by atoms with van der Waals surface area (Å²) in [7, 11) is 1.55. The number of nitrogens with one attached hydrogen (secondary N) is 2. The molecule has 0 spiro atoms. The van der Waals surface area contributed by atoms with Crippen LogP contribution in [-0.2, 0) is 4.79 Å². The van der Waals surface area contributed by atoms with Crippen molar-refractivity contribution in [1.29, 1.82) is 0 Å². The standard InChI is InChI=1S/C21H22FN3O3/c1-23-19(26)16-3-2-4-18(13-16)24-20(27)14-9-11-25(12-10-14)21(28)15-5-7-17(22)8-6-15/h2-8,13-14H,9-12H2,1H3,(H,23,26)(H,24,27). The van der Waals surface area contributed by atoms with E-state index in [0.717, 1.165) is 0 Å². The average molecular weight is 383 g/mol. The summed E-state index contributed by atoms with van der Waals surface area (Å²) in [5.74, 6) is -1.09. The van der Waals surface area contributed by atoms with Crippen molar-refractivity contribution in [2.75, 3.05) is 25.5 Å². The molecule has 0 radical (unpaired) electrons. The van der Waals surface area contributed by atoms with Crippen molar-refractivity contribution < 1.29 is 18.8 Å². The molecule has 0 saturated carbocycles. The highest BCUT2D eigenvalue weighted by Crippen LogP contribution is 2.21. The Morgan fingerprint density at radius 3 is 2.32 bits per heavy atom. The number of benzene rings is 2. The summed E-state index contributed by atoms with van der Waals surface area (Å²) in [5.41, 5.74) is 1.48. The number of piperidine rings is 1. The molecule has 6 nitrogen and oxygen atoms in total. The third-order valence-corrected chi connectivity index (χ3v) is 4.86. The Morgan fingerprint density at radius 2 is 1.68 bits per heavy atom. The fourth-order valence-electron chi connectivity index (χ4n) is 3.25. The maximum absolute atomic E-state index is 13.0. The molecule has 0 atom stereocenters. The molecular weight excluding hydrogens is 361 g/mol. The molecule has 146 valence electrons. The van der Waals surface area contributed by atoms with Gasteiger partial charge in [-0.05, 0) is 55.3 Å². The molecule has 3 amide bonds. The minimum absolute atomic E-state index is 0.122. The van der Waals surface area contributed by atoms with Crippen LogP contribution in [0.2, 0.25) is 0 Å². The summed E-state index contributed by atoms with van der Waals surface area (Å²) >= 11 is 0. The van der Waals surface area contributed by atoms with E-state index in [1.54, 1.807) is 36.2 Å². The molecule has 0 unspecified atom stereocenters. The van der Waals surface area contributed by atoms with Crippen LogP contribution in [0.4, 0.5) is 10.1 Å². The van der Waals surface area contributed by atoms with Gasteiger partial charge in [-0.15, -0.1) is 0 Å². The molecular formula is C21H22FN3O3. The van der Waals surface area contributed by atoms with Gasteiger partial charge in [-0.3, -0.25) is 14.4 Å². The number of amides is 3. The number of nitrogens with zero attached hydrogens (tertiary/aromatic N) is 1. The van der Waals surface area contributed by atoms with Gasteiger partial charge in [-0.2, -0.15) is 0 Å². The van der Waals surface area contributed by atoms with Crippen molar-refractivity contribution in [2.45, 2.75) is 12.8 Å². The predicted octanol–water partition coefficient (Wildman–Crippen LogP) is 2.68. The van der Waals surface area contributed by atoms with Crippen molar-refractivity contribution in [2.24, 2.45) is 5.92 Å². The second-order valence-electron chi connectivity index (χ2n) is 6.72. The first kappa shape index (κ1) is 19.5. The van der Waals surface area contributed by atoms with E-state index in [-0.39, 0.29) is 29.5 Å².